The highest BCUT2D eigenvalue weighted by molar-refractivity contribution is 8.00. The SMILES string of the molecule is N#Cc1ccccc1NC(=O)CSC[C@H](N)C(=O)O. The van der Waals surface area contributed by atoms with E-state index in [4.69, 9.17) is 16.1 Å². The van der Waals surface area contributed by atoms with Gasteiger partial charge in [0.1, 0.15) is 12.1 Å². The molecule has 0 aliphatic carbocycles. The molecule has 0 heterocycles. The van der Waals surface area contributed by atoms with Crippen molar-refractivity contribution in [2.24, 2.45) is 5.73 Å². The summed E-state index contributed by atoms with van der Waals surface area (Å²) < 4.78 is 0. The van der Waals surface area contributed by atoms with E-state index in [0.29, 0.717) is 11.3 Å². The Morgan fingerprint density at radius 2 is 2.16 bits per heavy atom. The highest BCUT2D eigenvalue weighted by Crippen LogP contribution is 2.14. The number of amides is 1. The van der Waals surface area contributed by atoms with E-state index in [0.717, 1.165) is 11.8 Å². The van der Waals surface area contributed by atoms with Crippen molar-refractivity contribution in [1.29, 1.82) is 5.26 Å². The van der Waals surface area contributed by atoms with E-state index in [9.17, 15) is 9.59 Å². The second kappa shape index (κ2) is 7.41. The number of nitriles is 1. The van der Waals surface area contributed by atoms with Crippen molar-refractivity contribution in [3.8, 4) is 6.07 Å². The van der Waals surface area contributed by atoms with Gasteiger partial charge >= 0.3 is 5.97 Å². The number of carboxylic acids is 1. The number of benzene rings is 1. The monoisotopic (exact) mass is 279 g/mol. The third-order valence-corrected chi connectivity index (χ3v) is 3.23. The zero-order valence-electron chi connectivity index (χ0n) is 10.00. The predicted molar refractivity (Wildman–Crippen MR) is 72.7 cm³/mol. The summed E-state index contributed by atoms with van der Waals surface area (Å²) in [4.78, 5) is 22.1. The number of carbonyl (C=O) groups is 2. The molecule has 0 fully saturated rings. The quantitative estimate of drug-likeness (QED) is 0.703. The molecule has 6 nitrogen and oxygen atoms in total. The lowest BCUT2D eigenvalue weighted by Gasteiger charge is -2.08. The van der Waals surface area contributed by atoms with Crippen LogP contribution in [0.1, 0.15) is 5.56 Å². The number of carboxylic acid groups (broad SMARTS) is 1. The zero-order valence-corrected chi connectivity index (χ0v) is 10.8. The molecule has 19 heavy (non-hydrogen) atoms. The molecule has 1 aromatic carbocycles. The van der Waals surface area contributed by atoms with Crippen molar-refractivity contribution in [3.05, 3.63) is 29.8 Å². The second-order valence-corrected chi connectivity index (χ2v) is 4.70. The number of nitrogens with one attached hydrogen (secondary N) is 1. The summed E-state index contributed by atoms with van der Waals surface area (Å²) in [6.07, 6.45) is 0. The highest BCUT2D eigenvalue weighted by Gasteiger charge is 2.12. The van der Waals surface area contributed by atoms with Crippen molar-refractivity contribution in [2.75, 3.05) is 16.8 Å². The van der Waals surface area contributed by atoms with E-state index < -0.39 is 12.0 Å². The predicted octanol–water partition coefficient (Wildman–Crippen LogP) is 0.642. The van der Waals surface area contributed by atoms with Crippen LogP contribution in [-0.2, 0) is 9.59 Å². The number of nitrogens with zero attached hydrogens (tertiary/aromatic N) is 1. The third-order valence-electron chi connectivity index (χ3n) is 2.17. The first-order valence-corrected chi connectivity index (χ1v) is 6.55. The molecular formula is C12H13N3O3S. The average molecular weight is 279 g/mol. The van der Waals surface area contributed by atoms with E-state index in [-0.39, 0.29) is 17.4 Å². The molecule has 0 aliphatic heterocycles. The average Bonchev–Trinajstić information content (AvgIpc) is 2.39. The number of carbonyl (C=O) groups excluding carboxylic acids is 1. The first-order valence-electron chi connectivity index (χ1n) is 5.39. The smallest absolute Gasteiger partial charge is 0.321 e. The van der Waals surface area contributed by atoms with E-state index in [1.165, 1.54) is 0 Å². The van der Waals surface area contributed by atoms with Crippen molar-refractivity contribution >= 4 is 29.3 Å². The molecule has 0 radical (unpaired) electrons. The van der Waals surface area contributed by atoms with E-state index in [1.54, 1.807) is 24.3 Å². The van der Waals surface area contributed by atoms with Gasteiger partial charge < -0.3 is 16.2 Å². The molecule has 7 heteroatoms. The van der Waals surface area contributed by atoms with Gasteiger partial charge in [0.25, 0.3) is 0 Å². The van der Waals surface area contributed by atoms with Crippen molar-refractivity contribution in [3.63, 3.8) is 0 Å². The Labute approximate surface area is 114 Å². The molecule has 0 bridgehead atoms. The van der Waals surface area contributed by atoms with Crippen LogP contribution in [0.4, 0.5) is 5.69 Å². The minimum absolute atomic E-state index is 0.0841. The fourth-order valence-corrected chi connectivity index (χ4v) is 2.00. The van der Waals surface area contributed by atoms with E-state index >= 15 is 0 Å². The van der Waals surface area contributed by atoms with E-state index in [1.807, 2.05) is 6.07 Å². The number of anilines is 1. The second-order valence-electron chi connectivity index (χ2n) is 3.67. The summed E-state index contributed by atoms with van der Waals surface area (Å²) in [7, 11) is 0. The Kier molecular flexibility index (Phi) is 5.85. The van der Waals surface area contributed by atoms with Crippen LogP contribution in [0.2, 0.25) is 0 Å². The summed E-state index contributed by atoms with van der Waals surface area (Å²) in [6, 6.07) is 7.63. The fourth-order valence-electron chi connectivity index (χ4n) is 1.23. The van der Waals surface area contributed by atoms with Crippen LogP contribution >= 0.6 is 11.8 Å². The Morgan fingerprint density at radius 1 is 1.47 bits per heavy atom. The van der Waals surface area contributed by atoms with Gasteiger partial charge in [-0.25, -0.2) is 0 Å². The number of thioether (sulfide) groups is 1. The van der Waals surface area contributed by atoms with Gasteiger partial charge in [0, 0.05) is 5.75 Å². The van der Waals surface area contributed by atoms with Crippen LogP contribution in [0.3, 0.4) is 0 Å². The molecule has 1 aromatic rings. The lowest BCUT2D eigenvalue weighted by atomic mass is 10.2. The molecule has 4 N–H and O–H groups in total. The summed E-state index contributed by atoms with van der Waals surface area (Å²) in [5, 5.41) is 20.0. The molecular weight excluding hydrogens is 266 g/mol. The number of nitrogens with two attached hydrogens (primary N) is 1. The Bertz CT molecular complexity index is 513. The van der Waals surface area contributed by atoms with Crippen molar-refractivity contribution in [2.45, 2.75) is 6.04 Å². The molecule has 1 amide bonds. The summed E-state index contributed by atoms with van der Waals surface area (Å²) in [5.41, 5.74) is 6.13. The third kappa shape index (κ3) is 4.99. The van der Waals surface area contributed by atoms with Gasteiger partial charge in [-0.05, 0) is 12.1 Å². The maximum absolute atomic E-state index is 11.6. The molecule has 100 valence electrons. The topological polar surface area (TPSA) is 116 Å². The number of para-hydroxylation sites is 1. The maximum atomic E-state index is 11.6. The van der Waals surface area contributed by atoms with Gasteiger partial charge in [-0.1, -0.05) is 12.1 Å². The van der Waals surface area contributed by atoms with Gasteiger partial charge in [-0.3, -0.25) is 9.59 Å². The van der Waals surface area contributed by atoms with E-state index in [2.05, 4.69) is 5.32 Å². The fraction of sp³-hybridized carbons (Fsp3) is 0.250. The first kappa shape index (κ1) is 15.0. The van der Waals surface area contributed by atoms with Crippen molar-refractivity contribution < 1.29 is 14.7 Å². The molecule has 0 aromatic heterocycles. The summed E-state index contributed by atoms with van der Waals surface area (Å²) in [5.74, 6) is -1.16. The first-order chi connectivity index (χ1) is 9.04. The normalized spacial score (nSPS) is 11.4. The van der Waals surface area contributed by atoms with Crippen LogP contribution in [0.25, 0.3) is 0 Å². The lowest BCUT2D eigenvalue weighted by Crippen LogP contribution is -2.33. The largest absolute Gasteiger partial charge is 0.480 e. The summed E-state index contributed by atoms with van der Waals surface area (Å²) in [6.45, 7) is 0. The molecule has 0 aliphatic rings. The number of aliphatic carboxylic acids is 1. The molecule has 1 atom stereocenters. The molecule has 0 unspecified atom stereocenters. The lowest BCUT2D eigenvalue weighted by molar-refractivity contribution is -0.137. The maximum Gasteiger partial charge on any atom is 0.321 e. The zero-order chi connectivity index (χ0) is 14.3. The Balaban J connectivity index is 2.44. The molecule has 0 saturated heterocycles. The highest BCUT2D eigenvalue weighted by atomic mass is 32.2. The Morgan fingerprint density at radius 3 is 2.79 bits per heavy atom. The standard InChI is InChI=1S/C12H13N3O3S/c13-5-8-3-1-2-4-10(8)15-11(16)7-19-6-9(14)12(17)18/h1-4,9H,6-7,14H2,(H,15,16)(H,17,18)/t9-/m0/s1. The van der Waals surface area contributed by atoms with Crippen LogP contribution in [0.5, 0.6) is 0 Å². The minimum atomic E-state index is -1.09. The Hall–Kier alpha value is -2.04. The minimum Gasteiger partial charge on any atom is -0.480 e. The van der Waals surface area contributed by atoms with Crippen LogP contribution in [0.15, 0.2) is 24.3 Å². The van der Waals surface area contributed by atoms with Crippen LogP contribution < -0.4 is 11.1 Å². The molecule has 1 rings (SSSR count). The van der Waals surface area contributed by atoms with Crippen LogP contribution in [-0.4, -0.2) is 34.5 Å². The van der Waals surface area contributed by atoms with Gasteiger partial charge in [0.05, 0.1) is 17.0 Å². The van der Waals surface area contributed by atoms with Gasteiger partial charge in [-0.15, -0.1) is 11.8 Å². The van der Waals surface area contributed by atoms with Crippen LogP contribution in [0, 0.1) is 11.3 Å². The van der Waals surface area contributed by atoms with Gasteiger partial charge in [-0.2, -0.15) is 5.26 Å². The molecule has 0 spiro atoms. The molecule has 0 saturated carbocycles. The number of hydrogen-bond donors (Lipinski definition) is 3. The summed E-state index contributed by atoms with van der Waals surface area (Å²) >= 11 is 1.13. The number of rotatable bonds is 6. The van der Waals surface area contributed by atoms with Gasteiger partial charge in [0.15, 0.2) is 0 Å². The number of hydrogen-bond acceptors (Lipinski definition) is 5. The van der Waals surface area contributed by atoms with Crippen molar-refractivity contribution in [1.82, 2.24) is 0 Å². The van der Waals surface area contributed by atoms with Gasteiger partial charge in [0.2, 0.25) is 5.91 Å².